The van der Waals surface area contributed by atoms with Crippen LogP contribution in [0.25, 0.3) is 0 Å². The van der Waals surface area contributed by atoms with Crippen molar-refractivity contribution >= 4 is 21.9 Å². The van der Waals surface area contributed by atoms with Gasteiger partial charge in [0.15, 0.2) is 21.9 Å². The van der Waals surface area contributed by atoms with Gasteiger partial charge in [-0.15, -0.1) is 0 Å². The van der Waals surface area contributed by atoms with Crippen molar-refractivity contribution in [3.05, 3.63) is 18.7 Å². The highest BCUT2D eigenvalue weighted by molar-refractivity contribution is 9.04. The number of Topliss-reactive ketones (excluding diaryl/α,β-unsaturated/α-hetero) is 1. The number of ketones is 1. The van der Waals surface area contributed by atoms with Crippen molar-refractivity contribution < 1.29 is 8.39 Å². The summed E-state index contributed by atoms with van der Waals surface area (Å²) in [5.74, 6) is 0.156. The minimum atomic E-state index is 0.156. The van der Waals surface area contributed by atoms with Gasteiger partial charge >= 0.3 is 0 Å². The largest absolute Gasteiger partial charge is 0.296 e. The van der Waals surface area contributed by atoms with Crippen LogP contribution < -0.4 is 3.59 Å². The van der Waals surface area contributed by atoms with Crippen LogP contribution in [0.2, 0.25) is 0 Å². The van der Waals surface area contributed by atoms with E-state index in [0.29, 0.717) is 6.54 Å². The van der Waals surface area contributed by atoms with Gasteiger partial charge in [0.1, 0.15) is 18.9 Å². The second kappa shape index (κ2) is 2.96. The summed E-state index contributed by atoms with van der Waals surface area (Å²) < 4.78 is 3.52. The molecular weight excluding hydrogens is 196 g/mol. The molecule has 0 aliphatic heterocycles. The first-order chi connectivity index (χ1) is 4.68. The first kappa shape index (κ1) is 7.47. The Morgan fingerprint density at radius 2 is 2.50 bits per heavy atom. The van der Waals surface area contributed by atoms with Crippen molar-refractivity contribution in [2.24, 2.45) is 0 Å². The molecule has 0 aliphatic carbocycles. The normalized spacial score (nSPS) is 9.80. The monoisotopic (exact) mass is 203 g/mol. The Kier molecular flexibility index (Phi) is 2.21. The summed E-state index contributed by atoms with van der Waals surface area (Å²) in [5, 5.41) is 0. The van der Waals surface area contributed by atoms with Crippen LogP contribution in [0, 0.1) is 0 Å². The highest BCUT2D eigenvalue weighted by Gasteiger charge is 2.02. The SMILES string of the molecule is CC(=O)Cn1cc[n+](Br)c1. The van der Waals surface area contributed by atoms with Gasteiger partial charge in [0.05, 0.1) is 0 Å². The van der Waals surface area contributed by atoms with Gasteiger partial charge in [-0.05, 0) is 6.92 Å². The molecule has 1 heterocycles. The number of imidazole rings is 1. The molecule has 0 radical (unpaired) electrons. The predicted octanol–water partition coefficient (Wildman–Crippen LogP) is 0.523. The van der Waals surface area contributed by atoms with Crippen LogP contribution in [0.3, 0.4) is 0 Å². The Bertz CT molecular complexity index is 244. The Morgan fingerprint density at radius 3 is 2.90 bits per heavy atom. The van der Waals surface area contributed by atoms with Gasteiger partial charge in [0.2, 0.25) is 0 Å². The summed E-state index contributed by atoms with van der Waals surface area (Å²) in [5.41, 5.74) is 0. The number of nitrogens with zero attached hydrogens (tertiary/aromatic N) is 2. The molecule has 1 aromatic heterocycles. The Morgan fingerprint density at radius 1 is 1.80 bits per heavy atom. The minimum Gasteiger partial charge on any atom is -0.296 e. The lowest BCUT2D eigenvalue weighted by Gasteiger charge is -1.86. The van der Waals surface area contributed by atoms with Crippen LogP contribution in [-0.2, 0) is 11.3 Å². The molecule has 4 heteroatoms. The molecular formula is C6H8BrN2O+. The summed E-state index contributed by atoms with van der Waals surface area (Å²) >= 11 is 3.21. The van der Waals surface area contributed by atoms with Gasteiger partial charge in [-0.1, -0.05) is 0 Å². The molecule has 0 spiro atoms. The molecule has 0 saturated carbocycles. The van der Waals surface area contributed by atoms with Crippen molar-refractivity contribution in [2.45, 2.75) is 13.5 Å². The first-order valence-corrected chi connectivity index (χ1v) is 3.62. The fraction of sp³-hybridized carbons (Fsp3) is 0.333. The maximum atomic E-state index is 10.6. The molecule has 0 aromatic carbocycles. The zero-order valence-corrected chi connectivity index (χ0v) is 7.21. The van der Waals surface area contributed by atoms with E-state index >= 15 is 0 Å². The van der Waals surface area contributed by atoms with Gasteiger partial charge in [0, 0.05) is 0 Å². The van der Waals surface area contributed by atoms with E-state index in [2.05, 4.69) is 16.1 Å². The highest BCUT2D eigenvalue weighted by atomic mass is 79.9. The molecule has 0 N–H and O–H groups in total. The maximum absolute atomic E-state index is 10.6. The molecule has 0 bridgehead atoms. The van der Waals surface area contributed by atoms with Gasteiger partial charge in [0.25, 0.3) is 6.33 Å². The summed E-state index contributed by atoms with van der Waals surface area (Å²) in [6.45, 7) is 2.01. The number of hydrogen-bond acceptors (Lipinski definition) is 1. The first-order valence-electron chi connectivity index (χ1n) is 2.91. The maximum Gasteiger partial charge on any atom is 0.255 e. The van der Waals surface area contributed by atoms with Crippen molar-refractivity contribution in [3.8, 4) is 0 Å². The average molecular weight is 204 g/mol. The standard InChI is InChI=1S/C6H8BrN2O/c1-6(10)4-8-2-3-9(7)5-8/h2-3,5H,4H2,1H3/q+1. The van der Waals surface area contributed by atoms with Crippen LogP contribution in [-0.4, -0.2) is 10.4 Å². The molecule has 0 amide bonds. The molecule has 0 atom stereocenters. The number of aromatic nitrogens is 2. The number of halogens is 1. The van der Waals surface area contributed by atoms with E-state index in [1.807, 2.05) is 12.4 Å². The second-order valence-electron chi connectivity index (χ2n) is 2.13. The van der Waals surface area contributed by atoms with E-state index < -0.39 is 0 Å². The third-order valence-corrected chi connectivity index (χ3v) is 1.48. The van der Waals surface area contributed by atoms with E-state index in [9.17, 15) is 4.79 Å². The second-order valence-corrected chi connectivity index (χ2v) is 2.95. The van der Waals surface area contributed by atoms with E-state index in [1.54, 1.807) is 21.4 Å². The summed E-state index contributed by atoms with van der Waals surface area (Å²) in [4.78, 5) is 10.6. The molecule has 1 rings (SSSR count). The molecule has 0 unspecified atom stereocenters. The molecule has 3 nitrogen and oxygen atoms in total. The van der Waals surface area contributed by atoms with Gasteiger partial charge < -0.3 is 0 Å². The van der Waals surface area contributed by atoms with Gasteiger partial charge in [-0.3, -0.25) is 4.79 Å². The predicted molar refractivity (Wildman–Crippen MR) is 39.6 cm³/mol. The lowest BCUT2D eigenvalue weighted by atomic mass is 10.4. The van der Waals surface area contributed by atoms with E-state index in [0.717, 1.165) is 0 Å². The molecule has 0 aliphatic rings. The van der Waals surface area contributed by atoms with Crippen LogP contribution in [0.15, 0.2) is 18.7 Å². The number of carbonyl (C=O) groups is 1. The zero-order chi connectivity index (χ0) is 7.56. The third kappa shape index (κ3) is 1.95. The van der Waals surface area contributed by atoms with Crippen LogP contribution in [0.1, 0.15) is 6.92 Å². The smallest absolute Gasteiger partial charge is 0.255 e. The molecule has 0 fully saturated rings. The summed E-state index contributed by atoms with van der Waals surface area (Å²) in [6, 6.07) is 0. The molecule has 10 heavy (non-hydrogen) atoms. The van der Waals surface area contributed by atoms with E-state index in [4.69, 9.17) is 0 Å². The van der Waals surface area contributed by atoms with Crippen molar-refractivity contribution in [1.29, 1.82) is 0 Å². The number of carbonyl (C=O) groups excluding carboxylic acids is 1. The number of hydrogen-bond donors (Lipinski definition) is 0. The van der Waals surface area contributed by atoms with E-state index in [1.165, 1.54) is 0 Å². The fourth-order valence-electron chi connectivity index (χ4n) is 0.719. The molecule has 54 valence electrons. The van der Waals surface area contributed by atoms with Crippen molar-refractivity contribution in [2.75, 3.05) is 0 Å². The van der Waals surface area contributed by atoms with Crippen LogP contribution in [0.4, 0.5) is 0 Å². The van der Waals surface area contributed by atoms with Crippen LogP contribution in [0.5, 0.6) is 0 Å². The lowest BCUT2D eigenvalue weighted by Crippen LogP contribution is -2.15. The Hall–Kier alpha value is -0.640. The fourth-order valence-corrected chi connectivity index (χ4v) is 1.06. The zero-order valence-electron chi connectivity index (χ0n) is 5.62. The summed E-state index contributed by atoms with van der Waals surface area (Å²) in [7, 11) is 0. The van der Waals surface area contributed by atoms with Crippen molar-refractivity contribution in [1.82, 2.24) is 4.57 Å². The molecule has 1 aromatic rings. The molecule has 0 saturated heterocycles. The van der Waals surface area contributed by atoms with Crippen molar-refractivity contribution in [3.63, 3.8) is 0 Å². The van der Waals surface area contributed by atoms with Crippen LogP contribution >= 0.6 is 16.1 Å². The van der Waals surface area contributed by atoms with E-state index in [-0.39, 0.29) is 5.78 Å². The van der Waals surface area contributed by atoms with Gasteiger partial charge in [-0.25, -0.2) is 4.57 Å². The average Bonchev–Trinajstić information content (AvgIpc) is 2.13. The topological polar surface area (TPSA) is 25.9 Å². The number of rotatable bonds is 2. The van der Waals surface area contributed by atoms with Gasteiger partial charge in [-0.2, -0.15) is 3.59 Å². The highest BCUT2D eigenvalue weighted by Crippen LogP contribution is 1.86. The minimum absolute atomic E-state index is 0.156. The quantitative estimate of drug-likeness (QED) is 0.689. The lowest BCUT2D eigenvalue weighted by molar-refractivity contribution is -0.473. The third-order valence-electron chi connectivity index (χ3n) is 1.06. The summed E-state index contributed by atoms with van der Waals surface area (Å²) in [6.07, 6.45) is 5.44. The Balaban J connectivity index is 2.67. The Labute approximate surface area is 67.6 Å².